The second-order valence-corrected chi connectivity index (χ2v) is 5.30. The van der Waals surface area contributed by atoms with Crippen molar-refractivity contribution in [2.24, 2.45) is 5.73 Å². The van der Waals surface area contributed by atoms with Gasteiger partial charge in [0, 0.05) is 31.6 Å². The molecule has 0 aromatic heterocycles. The first-order chi connectivity index (χ1) is 8.04. The summed E-state index contributed by atoms with van der Waals surface area (Å²) in [6.07, 6.45) is 4.89. The van der Waals surface area contributed by atoms with Crippen LogP contribution in [0.15, 0.2) is 0 Å². The third-order valence-corrected chi connectivity index (χ3v) is 3.62. The van der Waals surface area contributed by atoms with Gasteiger partial charge in [-0.2, -0.15) is 0 Å². The predicted molar refractivity (Wildman–Crippen MR) is 70.8 cm³/mol. The number of carbonyl (C=O) groups excluding carboxylic acids is 1. The Labute approximate surface area is 105 Å². The maximum atomic E-state index is 12.1. The van der Waals surface area contributed by atoms with E-state index in [-0.39, 0.29) is 0 Å². The molecule has 0 aliphatic heterocycles. The maximum Gasteiger partial charge on any atom is 0.224 e. The Hall–Kier alpha value is -0.610. The topological polar surface area (TPSA) is 49.6 Å². The van der Waals surface area contributed by atoms with Crippen molar-refractivity contribution in [2.75, 3.05) is 27.2 Å². The molecule has 2 N–H and O–H groups in total. The van der Waals surface area contributed by atoms with E-state index >= 15 is 0 Å². The molecule has 0 aromatic carbocycles. The molecule has 0 unspecified atom stereocenters. The van der Waals surface area contributed by atoms with Gasteiger partial charge in [0.25, 0.3) is 0 Å². The Morgan fingerprint density at radius 2 is 1.82 bits per heavy atom. The summed E-state index contributed by atoms with van der Waals surface area (Å²) in [5.74, 6) is 0.293. The van der Waals surface area contributed by atoms with Gasteiger partial charge in [0.05, 0.1) is 0 Å². The van der Waals surface area contributed by atoms with E-state index in [1.54, 1.807) is 0 Å². The quantitative estimate of drug-likeness (QED) is 0.783. The van der Waals surface area contributed by atoms with Gasteiger partial charge in [-0.15, -0.1) is 0 Å². The number of nitrogens with two attached hydrogens (primary N) is 1. The van der Waals surface area contributed by atoms with Gasteiger partial charge in [-0.3, -0.25) is 4.79 Å². The van der Waals surface area contributed by atoms with Gasteiger partial charge < -0.3 is 15.5 Å². The van der Waals surface area contributed by atoms with Gasteiger partial charge in [0.15, 0.2) is 0 Å². The van der Waals surface area contributed by atoms with Crippen LogP contribution in [0, 0.1) is 0 Å². The molecule has 1 aliphatic carbocycles. The zero-order chi connectivity index (χ0) is 12.8. The molecule has 4 nitrogen and oxygen atoms in total. The third kappa shape index (κ3) is 4.64. The van der Waals surface area contributed by atoms with Crippen LogP contribution in [-0.4, -0.2) is 55.0 Å². The van der Waals surface area contributed by atoms with E-state index in [0.29, 0.717) is 24.4 Å². The summed E-state index contributed by atoms with van der Waals surface area (Å²) in [4.78, 5) is 16.2. The van der Waals surface area contributed by atoms with E-state index in [2.05, 4.69) is 16.7 Å². The SMILES string of the molecule is CCN(C(=O)CCN(C)C)C1CCC(N)CC1. The second-order valence-electron chi connectivity index (χ2n) is 5.30. The lowest BCUT2D eigenvalue weighted by atomic mass is 9.90. The fourth-order valence-corrected chi connectivity index (χ4v) is 2.51. The number of hydrogen-bond donors (Lipinski definition) is 1. The van der Waals surface area contributed by atoms with E-state index in [0.717, 1.165) is 38.8 Å². The highest BCUT2D eigenvalue weighted by atomic mass is 16.2. The Bertz CT molecular complexity index is 235. The number of nitrogens with zero attached hydrogens (tertiary/aromatic N) is 2. The van der Waals surface area contributed by atoms with Crippen LogP contribution >= 0.6 is 0 Å². The van der Waals surface area contributed by atoms with Gasteiger partial charge in [0.1, 0.15) is 0 Å². The molecular weight excluding hydrogens is 214 g/mol. The fourth-order valence-electron chi connectivity index (χ4n) is 2.51. The van der Waals surface area contributed by atoms with Crippen LogP contribution < -0.4 is 5.73 Å². The number of hydrogen-bond acceptors (Lipinski definition) is 3. The highest BCUT2D eigenvalue weighted by molar-refractivity contribution is 5.76. The minimum atomic E-state index is 0.293. The van der Waals surface area contributed by atoms with Gasteiger partial charge in [-0.05, 0) is 46.7 Å². The van der Waals surface area contributed by atoms with E-state index in [9.17, 15) is 4.79 Å². The lowest BCUT2D eigenvalue weighted by molar-refractivity contribution is -0.134. The predicted octanol–water partition coefficient (Wildman–Crippen LogP) is 1.06. The molecular formula is C13H27N3O. The molecule has 0 bridgehead atoms. The zero-order valence-electron chi connectivity index (χ0n) is 11.5. The molecule has 0 aromatic rings. The molecule has 0 heterocycles. The molecule has 1 amide bonds. The van der Waals surface area contributed by atoms with Gasteiger partial charge in [0.2, 0.25) is 5.91 Å². The molecule has 100 valence electrons. The molecule has 17 heavy (non-hydrogen) atoms. The van der Waals surface area contributed by atoms with E-state index < -0.39 is 0 Å². The standard InChI is InChI=1S/C13H27N3O/c1-4-16(13(17)9-10-15(2)3)12-7-5-11(14)6-8-12/h11-12H,4-10,14H2,1-3H3. The lowest BCUT2D eigenvalue weighted by Gasteiger charge is -2.35. The van der Waals surface area contributed by atoms with Gasteiger partial charge in [-0.25, -0.2) is 0 Å². The van der Waals surface area contributed by atoms with Crippen molar-refractivity contribution >= 4 is 5.91 Å². The monoisotopic (exact) mass is 241 g/mol. The van der Waals surface area contributed by atoms with Crippen molar-refractivity contribution in [3.05, 3.63) is 0 Å². The van der Waals surface area contributed by atoms with Crippen molar-refractivity contribution in [3.63, 3.8) is 0 Å². The Balaban J connectivity index is 2.43. The van der Waals surface area contributed by atoms with Crippen LogP contribution in [-0.2, 0) is 4.79 Å². The zero-order valence-corrected chi connectivity index (χ0v) is 11.5. The fraction of sp³-hybridized carbons (Fsp3) is 0.923. The summed E-state index contributed by atoms with van der Waals surface area (Å²) >= 11 is 0. The highest BCUT2D eigenvalue weighted by Crippen LogP contribution is 2.22. The first-order valence-corrected chi connectivity index (χ1v) is 6.74. The lowest BCUT2D eigenvalue weighted by Crippen LogP contribution is -2.44. The van der Waals surface area contributed by atoms with Crippen LogP contribution in [0.3, 0.4) is 0 Å². The average Bonchev–Trinajstić information content (AvgIpc) is 2.30. The Kier molecular flexibility index (Phi) is 5.92. The van der Waals surface area contributed by atoms with Crippen LogP contribution in [0.25, 0.3) is 0 Å². The Morgan fingerprint density at radius 3 is 2.29 bits per heavy atom. The summed E-state index contributed by atoms with van der Waals surface area (Å²) in [5.41, 5.74) is 5.90. The molecule has 0 radical (unpaired) electrons. The van der Waals surface area contributed by atoms with Crippen molar-refractivity contribution in [3.8, 4) is 0 Å². The molecule has 1 saturated carbocycles. The molecule has 1 aliphatic rings. The van der Waals surface area contributed by atoms with E-state index in [1.165, 1.54) is 0 Å². The third-order valence-electron chi connectivity index (χ3n) is 3.62. The largest absolute Gasteiger partial charge is 0.340 e. The molecule has 0 spiro atoms. The van der Waals surface area contributed by atoms with Crippen molar-refractivity contribution in [2.45, 2.75) is 51.1 Å². The Morgan fingerprint density at radius 1 is 1.24 bits per heavy atom. The minimum absolute atomic E-state index is 0.293. The molecule has 1 fully saturated rings. The second kappa shape index (κ2) is 6.97. The average molecular weight is 241 g/mol. The first kappa shape index (κ1) is 14.5. The van der Waals surface area contributed by atoms with Crippen molar-refractivity contribution in [1.82, 2.24) is 9.80 Å². The van der Waals surface area contributed by atoms with Crippen molar-refractivity contribution in [1.29, 1.82) is 0 Å². The summed E-state index contributed by atoms with van der Waals surface area (Å²) in [7, 11) is 4.01. The van der Waals surface area contributed by atoms with Gasteiger partial charge in [-0.1, -0.05) is 0 Å². The normalized spacial score (nSPS) is 25.0. The smallest absolute Gasteiger partial charge is 0.224 e. The highest BCUT2D eigenvalue weighted by Gasteiger charge is 2.26. The number of rotatable bonds is 5. The van der Waals surface area contributed by atoms with Crippen LogP contribution in [0.1, 0.15) is 39.0 Å². The van der Waals surface area contributed by atoms with Crippen LogP contribution in [0.4, 0.5) is 0 Å². The number of amides is 1. The maximum absolute atomic E-state index is 12.1. The van der Waals surface area contributed by atoms with Crippen molar-refractivity contribution < 1.29 is 4.79 Å². The van der Waals surface area contributed by atoms with Crippen LogP contribution in [0.5, 0.6) is 0 Å². The summed E-state index contributed by atoms with van der Waals surface area (Å²) < 4.78 is 0. The first-order valence-electron chi connectivity index (χ1n) is 6.74. The molecule has 4 heteroatoms. The van der Waals surface area contributed by atoms with E-state index in [4.69, 9.17) is 5.73 Å². The van der Waals surface area contributed by atoms with Crippen LogP contribution in [0.2, 0.25) is 0 Å². The molecule has 1 rings (SSSR count). The number of carbonyl (C=O) groups is 1. The summed E-state index contributed by atoms with van der Waals surface area (Å²) in [6.45, 7) is 3.73. The summed E-state index contributed by atoms with van der Waals surface area (Å²) in [6, 6.07) is 0.774. The molecule has 0 saturated heterocycles. The summed E-state index contributed by atoms with van der Waals surface area (Å²) in [5, 5.41) is 0. The minimum Gasteiger partial charge on any atom is -0.340 e. The molecule has 0 atom stereocenters. The van der Waals surface area contributed by atoms with E-state index in [1.807, 2.05) is 14.1 Å². The van der Waals surface area contributed by atoms with Gasteiger partial charge >= 0.3 is 0 Å².